The molecule has 1 aromatic rings. The Labute approximate surface area is 113 Å². The van der Waals surface area contributed by atoms with E-state index >= 15 is 0 Å². The van der Waals surface area contributed by atoms with Crippen LogP contribution in [0.25, 0.3) is 0 Å². The predicted octanol–water partition coefficient (Wildman–Crippen LogP) is 2.65. The molecule has 1 heterocycles. The number of benzene rings is 1. The van der Waals surface area contributed by atoms with Crippen LogP contribution in [0.3, 0.4) is 0 Å². The minimum absolute atomic E-state index is 0.241. The van der Waals surface area contributed by atoms with Crippen molar-refractivity contribution in [1.82, 2.24) is 5.32 Å². The lowest BCUT2D eigenvalue weighted by molar-refractivity contribution is 0.174. The fourth-order valence-corrected chi connectivity index (χ4v) is 3.03. The van der Waals surface area contributed by atoms with Gasteiger partial charge in [-0.2, -0.15) is 0 Å². The largest absolute Gasteiger partial charge is 0.507 e. The smallest absolute Gasteiger partial charge is 0.231 e. The second kappa shape index (κ2) is 5.29. The van der Waals surface area contributed by atoms with Gasteiger partial charge in [0.25, 0.3) is 0 Å². The highest BCUT2D eigenvalue weighted by molar-refractivity contribution is 5.51. The van der Waals surface area contributed by atoms with Crippen LogP contribution in [0.1, 0.15) is 31.7 Å². The first kappa shape index (κ1) is 12.6. The van der Waals surface area contributed by atoms with Gasteiger partial charge >= 0.3 is 0 Å². The van der Waals surface area contributed by atoms with Crippen LogP contribution < -0.4 is 14.8 Å². The third-order valence-electron chi connectivity index (χ3n) is 4.33. The zero-order valence-corrected chi connectivity index (χ0v) is 11.3. The Balaban J connectivity index is 1.58. The van der Waals surface area contributed by atoms with E-state index in [4.69, 9.17) is 9.47 Å². The molecular formula is C15H21NO3. The van der Waals surface area contributed by atoms with Crippen LogP contribution in [0, 0.1) is 11.8 Å². The van der Waals surface area contributed by atoms with Gasteiger partial charge in [0.15, 0.2) is 11.5 Å². The predicted molar refractivity (Wildman–Crippen MR) is 72.4 cm³/mol. The molecule has 2 aliphatic rings. The van der Waals surface area contributed by atoms with E-state index in [-0.39, 0.29) is 12.5 Å². The van der Waals surface area contributed by atoms with Crippen LogP contribution >= 0.6 is 0 Å². The molecule has 1 aromatic carbocycles. The van der Waals surface area contributed by atoms with Crippen molar-refractivity contribution < 1.29 is 14.6 Å². The molecule has 1 aliphatic heterocycles. The average Bonchev–Trinajstić information content (AvgIpc) is 2.99. The van der Waals surface area contributed by atoms with E-state index in [0.717, 1.165) is 29.7 Å². The topological polar surface area (TPSA) is 50.7 Å². The normalized spacial score (nSPS) is 24.9. The zero-order chi connectivity index (χ0) is 13.2. The summed E-state index contributed by atoms with van der Waals surface area (Å²) in [5.74, 6) is 3.22. The first-order chi connectivity index (χ1) is 9.24. The Morgan fingerprint density at radius 1 is 1.26 bits per heavy atom. The summed E-state index contributed by atoms with van der Waals surface area (Å²) < 4.78 is 10.6. The van der Waals surface area contributed by atoms with E-state index in [2.05, 4.69) is 12.2 Å². The van der Waals surface area contributed by atoms with Crippen molar-refractivity contribution in [2.24, 2.45) is 11.8 Å². The number of fused-ring (bicyclic) bond motifs is 1. The fourth-order valence-electron chi connectivity index (χ4n) is 3.03. The lowest BCUT2D eigenvalue weighted by Gasteiger charge is -2.16. The van der Waals surface area contributed by atoms with Gasteiger partial charge in [0.2, 0.25) is 6.79 Å². The number of nitrogens with one attached hydrogen (secondary N) is 1. The van der Waals surface area contributed by atoms with Crippen LogP contribution in [-0.4, -0.2) is 18.4 Å². The van der Waals surface area contributed by atoms with E-state index in [1.165, 1.54) is 19.3 Å². The van der Waals surface area contributed by atoms with Crippen LogP contribution in [0.5, 0.6) is 17.2 Å². The average molecular weight is 263 g/mol. The molecule has 2 N–H and O–H groups in total. The molecule has 0 saturated heterocycles. The van der Waals surface area contributed by atoms with E-state index < -0.39 is 0 Å². The van der Waals surface area contributed by atoms with E-state index in [9.17, 15) is 5.11 Å². The molecular weight excluding hydrogens is 242 g/mol. The minimum Gasteiger partial charge on any atom is -0.507 e. The van der Waals surface area contributed by atoms with Gasteiger partial charge in [0, 0.05) is 18.2 Å². The Kier molecular flexibility index (Phi) is 3.51. The molecule has 2 atom stereocenters. The molecule has 4 nitrogen and oxygen atoms in total. The summed E-state index contributed by atoms with van der Waals surface area (Å²) in [5, 5.41) is 13.4. The molecule has 0 bridgehead atoms. The molecule has 0 radical (unpaired) electrons. The minimum atomic E-state index is 0.241. The Morgan fingerprint density at radius 2 is 2.05 bits per heavy atom. The number of phenols is 1. The summed E-state index contributed by atoms with van der Waals surface area (Å²) in [6.45, 7) is 4.27. The summed E-state index contributed by atoms with van der Waals surface area (Å²) >= 11 is 0. The van der Waals surface area contributed by atoms with Crippen molar-refractivity contribution in [3.63, 3.8) is 0 Å². The molecule has 1 saturated carbocycles. The molecule has 0 amide bonds. The van der Waals surface area contributed by atoms with Gasteiger partial charge in [-0.15, -0.1) is 0 Å². The molecule has 104 valence electrons. The Hall–Kier alpha value is -1.42. The summed E-state index contributed by atoms with van der Waals surface area (Å²) in [6.07, 6.45) is 4.02. The van der Waals surface area contributed by atoms with Crippen LogP contribution in [-0.2, 0) is 6.54 Å². The van der Waals surface area contributed by atoms with E-state index in [1.54, 1.807) is 6.07 Å². The standard InChI is InChI=1S/C15H21NO3/c1-10-3-2-4-11(10)7-16-8-12-5-14-15(6-13(12)17)19-9-18-14/h5-6,10-11,16-17H,2-4,7-9H2,1H3. The Morgan fingerprint density at radius 3 is 2.79 bits per heavy atom. The van der Waals surface area contributed by atoms with Crippen LogP contribution in [0.15, 0.2) is 12.1 Å². The molecule has 0 aromatic heterocycles. The first-order valence-electron chi connectivity index (χ1n) is 7.06. The number of ether oxygens (including phenoxy) is 2. The first-order valence-corrected chi connectivity index (χ1v) is 7.06. The Bertz CT molecular complexity index is 461. The SMILES string of the molecule is CC1CCCC1CNCc1cc2c(cc1O)OCO2. The van der Waals surface area contributed by atoms with Gasteiger partial charge in [0.1, 0.15) is 5.75 Å². The second-order valence-corrected chi connectivity index (χ2v) is 5.63. The highest BCUT2D eigenvalue weighted by Gasteiger charge is 2.23. The fraction of sp³-hybridized carbons (Fsp3) is 0.600. The van der Waals surface area contributed by atoms with Crippen LogP contribution in [0.2, 0.25) is 0 Å². The maximum atomic E-state index is 9.94. The summed E-state index contributed by atoms with van der Waals surface area (Å²) in [6, 6.07) is 3.50. The molecule has 2 unspecified atom stereocenters. The zero-order valence-electron chi connectivity index (χ0n) is 11.3. The lowest BCUT2D eigenvalue weighted by atomic mass is 9.98. The number of rotatable bonds is 4. The van der Waals surface area contributed by atoms with Crippen molar-refractivity contribution in [1.29, 1.82) is 0 Å². The molecule has 19 heavy (non-hydrogen) atoms. The highest BCUT2D eigenvalue weighted by atomic mass is 16.7. The van der Waals surface area contributed by atoms with Gasteiger partial charge in [-0.1, -0.05) is 19.8 Å². The molecule has 4 heteroatoms. The van der Waals surface area contributed by atoms with Crippen molar-refractivity contribution in [2.75, 3.05) is 13.3 Å². The molecule has 0 spiro atoms. The van der Waals surface area contributed by atoms with Crippen molar-refractivity contribution >= 4 is 0 Å². The number of hydrogen-bond donors (Lipinski definition) is 2. The molecule has 1 fully saturated rings. The van der Waals surface area contributed by atoms with Gasteiger partial charge in [-0.3, -0.25) is 0 Å². The number of aromatic hydroxyl groups is 1. The van der Waals surface area contributed by atoms with E-state index in [1.807, 2.05) is 6.07 Å². The van der Waals surface area contributed by atoms with Gasteiger partial charge < -0.3 is 19.9 Å². The van der Waals surface area contributed by atoms with Crippen molar-refractivity contribution in [3.8, 4) is 17.2 Å². The van der Waals surface area contributed by atoms with Gasteiger partial charge in [0.05, 0.1) is 0 Å². The lowest BCUT2D eigenvalue weighted by Crippen LogP contribution is -2.23. The third kappa shape index (κ3) is 2.63. The maximum absolute atomic E-state index is 9.94. The number of phenolic OH excluding ortho intramolecular Hbond substituents is 1. The second-order valence-electron chi connectivity index (χ2n) is 5.63. The summed E-state index contributed by atoms with van der Waals surface area (Å²) in [5.41, 5.74) is 0.870. The quantitative estimate of drug-likeness (QED) is 0.877. The molecule has 1 aliphatic carbocycles. The van der Waals surface area contributed by atoms with Crippen molar-refractivity contribution in [2.45, 2.75) is 32.7 Å². The van der Waals surface area contributed by atoms with E-state index in [0.29, 0.717) is 12.3 Å². The number of hydrogen-bond acceptors (Lipinski definition) is 4. The summed E-state index contributed by atoms with van der Waals surface area (Å²) in [7, 11) is 0. The highest BCUT2D eigenvalue weighted by Crippen LogP contribution is 2.37. The molecule has 3 rings (SSSR count). The maximum Gasteiger partial charge on any atom is 0.231 e. The third-order valence-corrected chi connectivity index (χ3v) is 4.33. The van der Waals surface area contributed by atoms with Gasteiger partial charge in [-0.05, 0) is 30.9 Å². The van der Waals surface area contributed by atoms with Crippen LogP contribution in [0.4, 0.5) is 0 Å². The van der Waals surface area contributed by atoms with Gasteiger partial charge in [-0.25, -0.2) is 0 Å². The van der Waals surface area contributed by atoms with Crippen molar-refractivity contribution in [3.05, 3.63) is 17.7 Å². The summed E-state index contributed by atoms with van der Waals surface area (Å²) in [4.78, 5) is 0. The monoisotopic (exact) mass is 263 g/mol.